The van der Waals surface area contributed by atoms with Crippen molar-refractivity contribution in [2.75, 3.05) is 5.32 Å². The minimum atomic E-state index is -4.58. The maximum atomic E-state index is 14.1. The highest BCUT2D eigenvalue weighted by Gasteiger charge is 2.30. The van der Waals surface area contributed by atoms with Gasteiger partial charge in [-0.3, -0.25) is 14.8 Å². The summed E-state index contributed by atoms with van der Waals surface area (Å²) in [7, 11) is 0. The van der Waals surface area contributed by atoms with E-state index in [1.165, 1.54) is 18.3 Å². The fourth-order valence-corrected chi connectivity index (χ4v) is 2.88. The molecular formula is C22H13F4N3O2. The summed E-state index contributed by atoms with van der Waals surface area (Å²) in [5, 5.41) is 2.38. The summed E-state index contributed by atoms with van der Waals surface area (Å²) in [4.78, 5) is 20.7. The number of carbonyl (C=O) groups excluding carboxylic acids is 1. The number of fused-ring (bicyclic) bond motifs is 1. The van der Waals surface area contributed by atoms with Crippen molar-refractivity contribution in [3.8, 4) is 11.5 Å². The first kappa shape index (κ1) is 20.3. The molecule has 0 aliphatic rings. The topological polar surface area (TPSA) is 64.1 Å². The van der Waals surface area contributed by atoms with Gasteiger partial charge in [0.05, 0.1) is 16.6 Å². The summed E-state index contributed by atoms with van der Waals surface area (Å²) >= 11 is 0. The van der Waals surface area contributed by atoms with Gasteiger partial charge >= 0.3 is 6.18 Å². The van der Waals surface area contributed by atoms with E-state index in [0.29, 0.717) is 16.8 Å². The van der Waals surface area contributed by atoms with Crippen LogP contribution in [-0.4, -0.2) is 15.9 Å². The van der Waals surface area contributed by atoms with Gasteiger partial charge in [0, 0.05) is 41.8 Å². The Labute approximate surface area is 173 Å². The molecule has 156 valence electrons. The molecule has 0 saturated heterocycles. The number of nitrogens with zero attached hydrogens (tertiary/aromatic N) is 2. The Morgan fingerprint density at radius 3 is 2.42 bits per heavy atom. The molecule has 4 rings (SSSR count). The van der Waals surface area contributed by atoms with Gasteiger partial charge in [0.25, 0.3) is 5.91 Å². The molecule has 9 heteroatoms. The molecule has 1 heterocycles. The maximum absolute atomic E-state index is 14.1. The van der Waals surface area contributed by atoms with Crippen molar-refractivity contribution in [2.24, 2.45) is 0 Å². The maximum Gasteiger partial charge on any atom is 0.416 e. The number of benzene rings is 3. The third-order valence-electron chi connectivity index (χ3n) is 4.26. The molecule has 0 unspecified atom stereocenters. The summed E-state index contributed by atoms with van der Waals surface area (Å²) in [6, 6.07) is 12.4. The van der Waals surface area contributed by atoms with Crippen LogP contribution in [0.3, 0.4) is 0 Å². The molecule has 1 aromatic heterocycles. The molecule has 5 nitrogen and oxygen atoms in total. The van der Waals surface area contributed by atoms with Crippen molar-refractivity contribution >= 4 is 22.6 Å². The van der Waals surface area contributed by atoms with Crippen molar-refractivity contribution in [1.82, 2.24) is 9.97 Å². The second-order valence-electron chi connectivity index (χ2n) is 6.52. The lowest BCUT2D eigenvalue weighted by molar-refractivity contribution is -0.137. The van der Waals surface area contributed by atoms with Crippen molar-refractivity contribution in [2.45, 2.75) is 6.18 Å². The Kier molecular flexibility index (Phi) is 5.24. The molecule has 0 aliphatic carbocycles. The number of aromatic nitrogens is 2. The Morgan fingerprint density at radius 1 is 0.871 bits per heavy atom. The normalized spacial score (nSPS) is 11.4. The second-order valence-corrected chi connectivity index (χ2v) is 6.52. The highest BCUT2D eigenvalue weighted by Crippen LogP contribution is 2.30. The zero-order valence-corrected chi connectivity index (χ0v) is 15.7. The molecule has 0 saturated carbocycles. The van der Waals surface area contributed by atoms with Crippen LogP contribution in [0.1, 0.15) is 15.9 Å². The fraction of sp³-hybridized carbons (Fsp3) is 0.0455. The van der Waals surface area contributed by atoms with Gasteiger partial charge in [-0.05, 0) is 36.4 Å². The van der Waals surface area contributed by atoms with Crippen LogP contribution in [0.2, 0.25) is 0 Å². The first-order valence-corrected chi connectivity index (χ1v) is 8.96. The standard InChI is InChI=1S/C22H13F4N3O2/c23-15-9-16(29-21(30)13-2-1-3-14(8-13)22(24,25)26)11-18(10-15)31-17-4-5-19-20(12-17)28-7-6-27-19/h1-12H,(H,29,30). The molecule has 4 aromatic rings. The Bertz CT molecular complexity index is 1280. The number of amides is 1. The SMILES string of the molecule is O=C(Nc1cc(F)cc(Oc2ccc3nccnc3c2)c1)c1cccc(C(F)(F)F)c1. The molecular weight excluding hydrogens is 414 g/mol. The van der Waals surface area contributed by atoms with E-state index in [9.17, 15) is 22.4 Å². The minimum Gasteiger partial charge on any atom is -0.457 e. The molecule has 0 fully saturated rings. The zero-order valence-electron chi connectivity index (χ0n) is 15.7. The van der Waals surface area contributed by atoms with Gasteiger partial charge in [-0.25, -0.2) is 4.39 Å². The second kappa shape index (κ2) is 8.02. The smallest absolute Gasteiger partial charge is 0.416 e. The van der Waals surface area contributed by atoms with Crippen molar-refractivity contribution in [3.63, 3.8) is 0 Å². The summed E-state index contributed by atoms with van der Waals surface area (Å²) < 4.78 is 58.3. The summed E-state index contributed by atoms with van der Waals surface area (Å²) in [5.74, 6) is -1.06. The van der Waals surface area contributed by atoms with Gasteiger partial charge in [-0.1, -0.05) is 6.07 Å². The largest absolute Gasteiger partial charge is 0.457 e. The van der Waals surface area contributed by atoms with Crippen molar-refractivity contribution in [1.29, 1.82) is 0 Å². The Hall–Kier alpha value is -4.01. The molecule has 3 aromatic carbocycles. The molecule has 1 N–H and O–H groups in total. The number of halogens is 4. The number of anilines is 1. The number of carbonyl (C=O) groups is 1. The predicted molar refractivity (Wildman–Crippen MR) is 105 cm³/mol. The predicted octanol–water partition coefficient (Wildman–Crippen LogP) is 5.83. The molecule has 1 amide bonds. The quantitative estimate of drug-likeness (QED) is 0.416. The average molecular weight is 427 g/mol. The van der Waals surface area contributed by atoms with Gasteiger partial charge in [0.15, 0.2) is 0 Å². The number of alkyl halides is 3. The van der Waals surface area contributed by atoms with E-state index in [1.54, 1.807) is 24.4 Å². The van der Waals surface area contributed by atoms with Crippen LogP contribution in [-0.2, 0) is 6.18 Å². The van der Waals surface area contributed by atoms with E-state index in [4.69, 9.17) is 4.74 Å². The highest BCUT2D eigenvalue weighted by molar-refractivity contribution is 6.04. The number of nitrogens with one attached hydrogen (secondary N) is 1. The van der Waals surface area contributed by atoms with E-state index in [2.05, 4.69) is 15.3 Å². The van der Waals surface area contributed by atoms with Crippen LogP contribution in [0.15, 0.2) is 73.1 Å². The van der Waals surface area contributed by atoms with Gasteiger partial charge < -0.3 is 10.1 Å². The third-order valence-corrected chi connectivity index (χ3v) is 4.26. The van der Waals surface area contributed by atoms with E-state index < -0.39 is 23.5 Å². The van der Waals surface area contributed by atoms with Crippen LogP contribution < -0.4 is 10.1 Å². The van der Waals surface area contributed by atoms with Crippen molar-refractivity contribution in [3.05, 3.63) is 90.0 Å². The number of hydrogen-bond donors (Lipinski definition) is 1. The first-order valence-electron chi connectivity index (χ1n) is 8.96. The van der Waals surface area contributed by atoms with Crippen LogP contribution in [0.4, 0.5) is 23.2 Å². The van der Waals surface area contributed by atoms with E-state index in [-0.39, 0.29) is 17.0 Å². The Balaban J connectivity index is 1.55. The molecule has 0 spiro atoms. The molecule has 0 aliphatic heterocycles. The summed E-state index contributed by atoms with van der Waals surface area (Å²) in [6.45, 7) is 0. The van der Waals surface area contributed by atoms with Gasteiger partial charge in [0.2, 0.25) is 0 Å². The van der Waals surface area contributed by atoms with Gasteiger partial charge in [0.1, 0.15) is 17.3 Å². The number of rotatable bonds is 4. The molecule has 0 atom stereocenters. The van der Waals surface area contributed by atoms with Crippen molar-refractivity contribution < 1.29 is 27.1 Å². The van der Waals surface area contributed by atoms with Crippen LogP contribution in [0.25, 0.3) is 11.0 Å². The average Bonchev–Trinajstić information content (AvgIpc) is 2.73. The highest BCUT2D eigenvalue weighted by atomic mass is 19.4. The Morgan fingerprint density at radius 2 is 1.65 bits per heavy atom. The monoisotopic (exact) mass is 427 g/mol. The lowest BCUT2D eigenvalue weighted by Crippen LogP contribution is -2.14. The summed E-state index contributed by atoms with van der Waals surface area (Å²) in [5.41, 5.74) is 0.0908. The van der Waals surface area contributed by atoms with E-state index >= 15 is 0 Å². The van der Waals surface area contributed by atoms with E-state index in [0.717, 1.165) is 30.3 Å². The van der Waals surface area contributed by atoms with E-state index in [1.807, 2.05) is 0 Å². The first-order chi connectivity index (χ1) is 14.8. The fourth-order valence-electron chi connectivity index (χ4n) is 2.88. The molecule has 0 radical (unpaired) electrons. The van der Waals surface area contributed by atoms with Gasteiger partial charge in [-0.15, -0.1) is 0 Å². The lowest BCUT2D eigenvalue weighted by atomic mass is 10.1. The van der Waals surface area contributed by atoms with Crippen LogP contribution >= 0.6 is 0 Å². The summed E-state index contributed by atoms with van der Waals surface area (Å²) in [6.07, 6.45) is -1.51. The zero-order chi connectivity index (χ0) is 22.0. The molecule has 0 bridgehead atoms. The number of ether oxygens (including phenoxy) is 1. The van der Waals surface area contributed by atoms with Crippen LogP contribution in [0, 0.1) is 5.82 Å². The minimum absolute atomic E-state index is 0.0259. The van der Waals surface area contributed by atoms with Gasteiger partial charge in [-0.2, -0.15) is 13.2 Å². The lowest BCUT2D eigenvalue weighted by Gasteiger charge is -2.11. The number of hydrogen-bond acceptors (Lipinski definition) is 4. The molecule has 31 heavy (non-hydrogen) atoms. The third kappa shape index (κ3) is 4.77. The van der Waals surface area contributed by atoms with Crippen LogP contribution in [0.5, 0.6) is 11.5 Å².